The molecule has 23 atom stereocenters. The number of aliphatic hydroxyl groups excluding tert-OH is 9. The van der Waals surface area contributed by atoms with Crippen molar-refractivity contribution in [1.82, 2.24) is 0 Å². The van der Waals surface area contributed by atoms with Crippen LogP contribution in [-0.4, -0.2) is 221 Å². The molecule has 10 N–H and O–H groups in total. The maximum atomic E-state index is 13.6. The lowest BCUT2D eigenvalue weighted by molar-refractivity contribution is -0.938. The first-order valence-electron chi connectivity index (χ1n) is 28.1. The van der Waals surface area contributed by atoms with Crippen LogP contribution in [0.25, 0.3) is 0 Å². The average Bonchev–Trinajstić information content (AvgIpc) is 1.67. The largest absolute Gasteiger partial charge is 1.00 e. The van der Waals surface area contributed by atoms with E-state index in [9.17, 15) is 65.1 Å². The minimum absolute atomic E-state index is 0. The molecule has 470 valence electrons. The monoisotopic (exact) mass is 1330 g/mol. The average molecular weight is 1340 g/mol. The van der Waals surface area contributed by atoms with Crippen molar-refractivity contribution in [2.45, 2.75) is 173 Å². The van der Waals surface area contributed by atoms with Gasteiger partial charge in [-0.15, -0.1) is 45.9 Å². The summed E-state index contributed by atoms with van der Waals surface area (Å²) in [5.74, 6) is -2.68. The number of esters is 2. The number of morpholine rings is 1. The molecule has 85 heavy (non-hydrogen) atoms. The number of aliphatic hydroxyl groups is 10. The van der Waals surface area contributed by atoms with Gasteiger partial charge in [-0.05, 0) is 84.7 Å². The highest BCUT2D eigenvalue weighted by Gasteiger charge is 2.77. The molecule has 0 aromatic carbocycles. The number of ether oxygens (including phenoxy) is 6. The topological polar surface area (TPSA) is 342 Å². The number of carbonyl (C=O) groups is 4. The number of allylic oxidation sites excluding steroid dienone is 4. The first-order chi connectivity index (χ1) is 39.7. The SMILES string of the molecule is C[C@@H]1C[C@H]2[C@@H]3CCC4=CC(=O)C=C[C@]4(C)[C@@]3(Cl)[C@@H](O)C[C@]2(C)[C@@]1(OC(=O)c1ccco1)C(=O)CCl.C[N+]1(C)[C@@H]2CC(OC(=O)C(O)(c3cccs3)c3cccs3)C[C@H]1[C@@H]1O[C@@H]12.OC[C@H]1O[C@@H](O[C@H]2[C@H](O)[C@@H](O)[C@H](O)O[C@@H]2CO)[C@H](O)[C@@H](O)[C@H]1O.[Br-]. The summed E-state index contributed by atoms with van der Waals surface area (Å²) in [6.07, 6.45) is -6.08. The number of alkyl halides is 2. The second kappa shape index (κ2) is 24.9. The van der Waals surface area contributed by atoms with Crippen molar-refractivity contribution in [3.05, 3.63) is 92.7 Å². The molecule has 0 radical (unpaired) electrons. The van der Waals surface area contributed by atoms with Crippen molar-refractivity contribution in [3.8, 4) is 0 Å². The van der Waals surface area contributed by atoms with Gasteiger partial charge in [0.25, 0.3) is 0 Å². The highest BCUT2D eigenvalue weighted by atomic mass is 79.9. The molecule has 12 rings (SSSR count). The summed E-state index contributed by atoms with van der Waals surface area (Å²) in [4.78, 5) is 52.0. The lowest BCUT2D eigenvalue weighted by Crippen LogP contribution is -3.00. The van der Waals surface area contributed by atoms with Gasteiger partial charge in [0, 0.05) is 29.6 Å². The highest BCUT2D eigenvalue weighted by Crippen LogP contribution is 2.72. The highest BCUT2D eigenvalue weighted by molar-refractivity contribution is 7.12. The molecule has 9 aliphatic rings. The molecule has 3 saturated carbocycles. The number of ketones is 2. The van der Waals surface area contributed by atoms with Gasteiger partial charge in [0.05, 0.1) is 60.2 Å². The summed E-state index contributed by atoms with van der Waals surface area (Å²) in [7, 11) is 4.49. The summed E-state index contributed by atoms with van der Waals surface area (Å²) in [5, 5.41) is 103. The minimum Gasteiger partial charge on any atom is -1.00 e. The van der Waals surface area contributed by atoms with E-state index in [1.165, 1.54) is 41.1 Å². The van der Waals surface area contributed by atoms with E-state index in [0.29, 0.717) is 53.3 Å². The van der Waals surface area contributed by atoms with E-state index in [1.54, 1.807) is 24.3 Å². The fourth-order valence-electron chi connectivity index (χ4n) is 15.5. The third kappa shape index (κ3) is 10.9. The number of carbonyl (C=O) groups excluding carboxylic acids is 4. The number of hydrogen-bond donors (Lipinski definition) is 10. The van der Waals surface area contributed by atoms with Crippen molar-refractivity contribution in [1.29, 1.82) is 0 Å². The first kappa shape index (κ1) is 66.3. The smallest absolute Gasteiger partial charge is 0.375 e. The van der Waals surface area contributed by atoms with Crippen LogP contribution in [-0.2, 0) is 48.4 Å². The van der Waals surface area contributed by atoms with Crippen molar-refractivity contribution in [3.63, 3.8) is 0 Å². The predicted octanol–water partition coefficient (Wildman–Crippen LogP) is -1.18. The molecule has 1 unspecified atom stereocenters. The summed E-state index contributed by atoms with van der Waals surface area (Å²) < 4.78 is 39.2. The first-order valence-corrected chi connectivity index (χ1v) is 30.8. The Kier molecular flexibility index (Phi) is 19.5. The van der Waals surface area contributed by atoms with Gasteiger partial charge in [0.15, 0.2) is 29.7 Å². The maximum absolute atomic E-state index is 13.6. The van der Waals surface area contributed by atoms with E-state index in [2.05, 4.69) is 14.1 Å². The van der Waals surface area contributed by atoms with Gasteiger partial charge in [-0.2, -0.15) is 0 Å². The van der Waals surface area contributed by atoms with Crippen molar-refractivity contribution < 1.29 is 125 Å². The molecule has 3 aromatic rings. The Morgan fingerprint density at radius 3 is 2.02 bits per heavy atom. The molecule has 0 spiro atoms. The number of Topliss-reactive ketones (excluding diaryl/α,β-unsaturated/α-hetero) is 1. The minimum atomic E-state index is -1.74. The molecular weight excluding hydrogens is 1260 g/mol. The Morgan fingerprint density at radius 2 is 1.46 bits per heavy atom. The third-order valence-electron chi connectivity index (χ3n) is 20.0. The van der Waals surface area contributed by atoms with Crippen LogP contribution in [0.2, 0.25) is 0 Å². The number of thiophene rings is 2. The quantitative estimate of drug-likeness (QED) is 0.0442. The molecule has 5 saturated heterocycles. The van der Waals surface area contributed by atoms with E-state index < -0.39 is 120 Å². The molecule has 22 nitrogen and oxygen atoms in total. The van der Waals surface area contributed by atoms with Crippen LogP contribution in [0.1, 0.15) is 79.6 Å². The maximum Gasteiger partial charge on any atom is 0.375 e. The van der Waals surface area contributed by atoms with Gasteiger partial charge in [-0.3, -0.25) is 9.59 Å². The normalized spacial score (nSPS) is 42.7. The standard InChI is InChI=1S/C27H30Cl2O6.C19H22NO4S2.C12H22O11.BrH/c1-15-11-19-18-7-6-16-12-17(30)8-9-24(16,2)26(18,29)21(31)13-25(19,3)27(15,22(32)14-28)35-23(33)20-5-4-10-34-20;1-20(2)12-9-11(10-13(20)17-16(12)24-17)23-18(21)19(22,14-5-3-7-25-14)15-6-4-8-26-15;13-1-3-5(15)6(16)9(19)12(22-3)23-10-4(2-14)21-11(20)8(18)7(10)17;/h4-5,8-10,12,15,18-19,21,31H,6-7,11,13-14H2,1-3H3;3-8,11-13,16-17,22H,9-10H2,1-2H3;3-20H,1-2H2;1H/q;+1;;/p-1/t15-,18+,19+,21+,24+,25+,26+,27+;11?,12-,13+,16-,17+;3-,4-,5+,6+,7-,8-,9-,10-,11-,12+;/m1.1./s1. The summed E-state index contributed by atoms with van der Waals surface area (Å²) >= 11 is 16.3. The van der Waals surface area contributed by atoms with E-state index in [1.807, 2.05) is 49.7 Å². The number of epoxide rings is 1. The summed E-state index contributed by atoms with van der Waals surface area (Å²) in [6, 6.07) is 11.1. The molecule has 4 aliphatic carbocycles. The number of halogens is 3. The van der Waals surface area contributed by atoms with Crippen LogP contribution < -0.4 is 17.0 Å². The lowest BCUT2D eigenvalue weighted by atomic mass is 9.45. The molecule has 2 bridgehead atoms. The Morgan fingerprint density at radius 1 is 0.824 bits per heavy atom. The van der Waals surface area contributed by atoms with Gasteiger partial charge in [0.2, 0.25) is 11.4 Å². The number of rotatable bonds is 12. The third-order valence-corrected chi connectivity index (χ3v) is 23.2. The number of likely N-dealkylation sites (N-methyl/N-ethyl adjacent to an activating group) is 1. The number of fused-ring (bicyclic) bond motifs is 10. The molecule has 0 amide bonds. The van der Waals surface area contributed by atoms with Gasteiger partial charge in [-0.1, -0.05) is 44.6 Å². The number of hydrogen-bond acceptors (Lipinski definition) is 23. The molecule has 8 heterocycles. The molecule has 3 aromatic heterocycles. The van der Waals surface area contributed by atoms with Gasteiger partial charge in [0.1, 0.15) is 79.2 Å². The van der Waals surface area contributed by atoms with Crippen molar-refractivity contribution in [2.24, 2.45) is 28.6 Å². The zero-order valence-corrected chi connectivity index (χ0v) is 51.9. The molecular formula is C58H74BrCl2NO21S2. The number of quaternary nitrogens is 1. The lowest BCUT2D eigenvalue weighted by Gasteiger charge is -2.64. The van der Waals surface area contributed by atoms with Crippen LogP contribution in [0.15, 0.2) is 81.6 Å². The Hall–Kier alpha value is -3.10. The van der Waals surface area contributed by atoms with Gasteiger partial charge >= 0.3 is 11.9 Å². The summed E-state index contributed by atoms with van der Waals surface area (Å²) in [5.41, 5.74) is -3.92. The predicted molar refractivity (Wildman–Crippen MR) is 298 cm³/mol. The second-order valence-electron chi connectivity index (χ2n) is 24.6. The Balaban J connectivity index is 0.000000156. The van der Waals surface area contributed by atoms with Crippen molar-refractivity contribution in [2.75, 3.05) is 33.2 Å². The summed E-state index contributed by atoms with van der Waals surface area (Å²) in [6.45, 7) is 4.47. The van der Waals surface area contributed by atoms with Crippen LogP contribution in [0.5, 0.6) is 0 Å². The Labute approximate surface area is 518 Å². The Bertz CT molecular complexity index is 2880. The molecule has 8 fully saturated rings. The zero-order valence-electron chi connectivity index (χ0n) is 47.1. The zero-order chi connectivity index (χ0) is 60.8. The van der Waals surface area contributed by atoms with E-state index in [-0.39, 0.29) is 70.5 Å². The second-order valence-corrected chi connectivity index (χ2v) is 27.4. The van der Waals surface area contributed by atoms with Crippen LogP contribution in [0.4, 0.5) is 0 Å². The van der Waals surface area contributed by atoms with Crippen LogP contribution in [0.3, 0.4) is 0 Å². The van der Waals surface area contributed by atoms with Crippen LogP contribution in [0, 0.1) is 28.6 Å². The fraction of sp³-hybridized carbons (Fsp3) is 0.655. The number of piperidine rings is 1. The fourth-order valence-corrected chi connectivity index (χ4v) is 17.9. The van der Waals surface area contributed by atoms with E-state index in [4.69, 9.17) is 61.1 Å². The van der Waals surface area contributed by atoms with Crippen molar-refractivity contribution >= 4 is 69.4 Å². The van der Waals surface area contributed by atoms with Gasteiger partial charge < -0.3 is 105 Å². The number of furan rings is 1. The number of nitrogens with zero attached hydrogens (tertiary/aromatic N) is 1. The van der Waals surface area contributed by atoms with Crippen LogP contribution >= 0.6 is 45.9 Å². The van der Waals surface area contributed by atoms with E-state index >= 15 is 0 Å². The molecule has 5 aliphatic heterocycles. The van der Waals surface area contributed by atoms with E-state index in [0.717, 1.165) is 22.9 Å². The van der Waals surface area contributed by atoms with Gasteiger partial charge in [-0.25, -0.2) is 9.59 Å². The molecule has 27 heteroatoms.